The maximum atomic E-state index is 3.29. The van der Waals surface area contributed by atoms with E-state index in [9.17, 15) is 0 Å². The Morgan fingerprint density at radius 2 is 1.62 bits per heavy atom. The topological polar surface area (TPSA) is 12.0 Å². The average molecular weight is 183 g/mol. The summed E-state index contributed by atoms with van der Waals surface area (Å²) in [5, 5.41) is 3.29. The highest BCUT2D eigenvalue weighted by atomic mass is 14.8. The lowest BCUT2D eigenvalue weighted by atomic mass is 9.80. The van der Waals surface area contributed by atoms with Gasteiger partial charge in [0, 0.05) is 0 Å². The molecule has 2 saturated carbocycles. The Bertz CT molecular complexity index is 128. The second kappa shape index (κ2) is 4.99. The van der Waals surface area contributed by atoms with Crippen molar-refractivity contribution in [1.29, 1.82) is 0 Å². The van der Waals surface area contributed by atoms with Gasteiger partial charge in [-0.25, -0.2) is 0 Å². The second-order valence-corrected chi connectivity index (χ2v) is 4.50. The van der Waals surface area contributed by atoms with Crippen LogP contribution in [-0.2, 0) is 0 Å². The molecule has 2 aliphatic carbocycles. The van der Waals surface area contributed by atoms with Gasteiger partial charge in [0.15, 0.2) is 0 Å². The normalized spacial score (nSPS) is 25.2. The van der Waals surface area contributed by atoms with Gasteiger partial charge < -0.3 is 5.32 Å². The van der Waals surface area contributed by atoms with Crippen molar-refractivity contribution in [1.82, 2.24) is 5.32 Å². The predicted octanol–water partition coefficient (Wildman–Crippen LogP) is 3.20. The SMILES string of the molecule is CC.CNCC1CCC2(CC1)CC2. The first-order chi connectivity index (χ1) is 6.35. The minimum atomic E-state index is 0.879. The van der Waals surface area contributed by atoms with Crippen LogP contribution in [0.2, 0.25) is 0 Å². The number of nitrogens with one attached hydrogen (secondary N) is 1. The molecule has 0 aliphatic heterocycles. The summed E-state index contributed by atoms with van der Waals surface area (Å²) < 4.78 is 0. The molecule has 0 radical (unpaired) electrons. The first-order valence-corrected chi connectivity index (χ1v) is 5.99. The fraction of sp³-hybridized carbons (Fsp3) is 1.00. The summed E-state index contributed by atoms with van der Waals surface area (Å²) in [5.74, 6) is 0.992. The Morgan fingerprint density at radius 3 is 2.00 bits per heavy atom. The maximum absolute atomic E-state index is 3.29. The average Bonchev–Trinajstić information content (AvgIpc) is 2.94. The van der Waals surface area contributed by atoms with Gasteiger partial charge in [0.25, 0.3) is 0 Å². The Kier molecular flexibility index (Phi) is 4.24. The largest absolute Gasteiger partial charge is 0.319 e. The summed E-state index contributed by atoms with van der Waals surface area (Å²) in [7, 11) is 2.07. The lowest BCUT2D eigenvalue weighted by Gasteiger charge is -2.28. The Hall–Kier alpha value is -0.0400. The summed E-state index contributed by atoms with van der Waals surface area (Å²) in [6, 6.07) is 0. The van der Waals surface area contributed by atoms with Crippen molar-refractivity contribution >= 4 is 0 Å². The first kappa shape index (κ1) is 11.0. The van der Waals surface area contributed by atoms with E-state index in [4.69, 9.17) is 0 Å². The highest BCUT2D eigenvalue weighted by Gasteiger charge is 2.44. The van der Waals surface area contributed by atoms with Crippen LogP contribution >= 0.6 is 0 Å². The fourth-order valence-electron chi connectivity index (χ4n) is 2.46. The van der Waals surface area contributed by atoms with Crippen molar-refractivity contribution in [3.63, 3.8) is 0 Å². The zero-order chi connectivity index (χ0) is 9.73. The molecule has 0 bridgehead atoms. The van der Waals surface area contributed by atoms with E-state index >= 15 is 0 Å². The van der Waals surface area contributed by atoms with E-state index in [0.29, 0.717) is 0 Å². The van der Waals surface area contributed by atoms with Gasteiger partial charge in [-0.1, -0.05) is 13.8 Å². The maximum Gasteiger partial charge on any atom is -0.00235 e. The summed E-state index contributed by atoms with van der Waals surface area (Å²) >= 11 is 0. The third kappa shape index (κ3) is 2.98. The Morgan fingerprint density at radius 1 is 1.08 bits per heavy atom. The van der Waals surface area contributed by atoms with Gasteiger partial charge in [-0.3, -0.25) is 0 Å². The molecule has 0 heterocycles. The summed E-state index contributed by atoms with van der Waals surface area (Å²) in [5.41, 5.74) is 0.879. The van der Waals surface area contributed by atoms with Crippen LogP contribution in [0.5, 0.6) is 0 Å². The molecule has 0 atom stereocenters. The van der Waals surface area contributed by atoms with Crippen LogP contribution in [0.25, 0.3) is 0 Å². The molecule has 2 aliphatic rings. The highest BCUT2D eigenvalue weighted by Crippen LogP contribution is 2.56. The second-order valence-electron chi connectivity index (χ2n) is 4.50. The van der Waals surface area contributed by atoms with Gasteiger partial charge in [0.2, 0.25) is 0 Å². The number of hydrogen-bond donors (Lipinski definition) is 1. The van der Waals surface area contributed by atoms with E-state index in [2.05, 4.69) is 12.4 Å². The molecule has 13 heavy (non-hydrogen) atoms. The van der Waals surface area contributed by atoms with E-state index in [0.717, 1.165) is 11.3 Å². The monoisotopic (exact) mass is 183 g/mol. The molecule has 78 valence electrons. The molecular weight excluding hydrogens is 158 g/mol. The standard InChI is InChI=1S/C10H19N.C2H6/c1-11-8-9-2-4-10(5-3-9)6-7-10;1-2/h9,11H,2-8H2,1H3;1-2H3. The quantitative estimate of drug-likeness (QED) is 0.693. The van der Waals surface area contributed by atoms with Crippen molar-refractivity contribution in [3.05, 3.63) is 0 Å². The molecule has 2 fully saturated rings. The van der Waals surface area contributed by atoms with Crippen molar-refractivity contribution in [2.24, 2.45) is 11.3 Å². The highest BCUT2D eigenvalue weighted by molar-refractivity contribution is 4.96. The molecule has 1 heteroatoms. The van der Waals surface area contributed by atoms with Crippen LogP contribution in [0.4, 0.5) is 0 Å². The van der Waals surface area contributed by atoms with Crippen LogP contribution < -0.4 is 5.32 Å². The molecule has 2 rings (SSSR count). The molecule has 0 amide bonds. The Balaban J connectivity index is 0.000000396. The number of rotatable bonds is 2. The van der Waals surface area contributed by atoms with Gasteiger partial charge in [-0.05, 0) is 63.5 Å². The molecule has 1 nitrogen and oxygen atoms in total. The third-order valence-electron chi connectivity index (χ3n) is 3.62. The lowest BCUT2D eigenvalue weighted by Crippen LogP contribution is -2.24. The zero-order valence-corrected chi connectivity index (χ0v) is 9.53. The number of hydrogen-bond acceptors (Lipinski definition) is 1. The van der Waals surface area contributed by atoms with Gasteiger partial charge in [0.1, 0.15) is 0 Å². The van der Waals surface area contributed by atoms with E-state index in [-0.39, 0.29) is 0 Å². The summed E-state index contributed by atoms with van der Waals surface area (Å²) in [6.07, 6.45) is 9.11. The van der Waals surface area contributed by atoms with Crippen molar-refractivity contribution in [2.75, 3.05) is 13.6 Å². The van der Waals surface area contributed by atoms with Crippen molar-refractivity contribution < 1.29 is 0 Å². The van der Waals surface area contributed by atoms with E-state index in [1.54, 1.807) is 12.8 Å². The first-order valence-electron chi connectivity index (χ1n) is 5.99. The molecule has 1 spiro atoms. The fourth-order valence-corrected chi connectivity index (χ4v) is 2.46. The van der Waals surface area contributed by atoms with Gasteiger partial charge >= 0.3 is 0 Å². The van der Waals surface area contributed by atoms with Crippen LogP contribution in [0.3, 0.4) is 0 Å². The van der Waals surface area contributed by atoms with Crippen LogP contribution in [-0.4, -0.2) is 13.6 Å². The minimum Gasteiger partial charge on any atom is -0.319 e. The van der Waals surface area contributed by atoms with E-state index < -0.39 is 0 Å². The van der Waals surface area contributed by atoms with Crippen LogP contribution in [0, 0.1) is 11.3 Å². The van der Waals surface area contributed by atoms with Crippen LogP contribution in [0.1, 0.15) is 52.4 Å². The van der Waals surface area contributed by atoms with Crippen molar-refractivity contribution in [2.45, 2.75) is 52.4 Å². The van der Waals surface area contributed by atoms with E-state index in [1.165, 1.54) is 32.2 Å². The van der Waals surface area contributed by atoms with Gasteiger partial charge in [0.05, 0.1) is 0 Å². The molecule has 1 N–H and O–H groups in total. The zero-order valence-electron chi connectivity index (χ0n) is 9.53. The summed E-state index contributed by atoms with van der Waals surface area (Å²) in [4.78, 5) is 0. The Labute approximate surface area is 83.3 Å². The lowest BCUT2D eigenvalue weighted by molar-refractivity contribution is 0.254. The summed E-state index contributed by atoms with van der Waals surface area (Å²) in [6.45, 7) is 5.25. The van der Waals surface area contributed by atoms with Gasteiger partial charge in [-0.2, -0.15) is 0 Å². The molecule has 0 aromatic heterocycles. The van der Waals surface area contributed by atoms with E-state index in [1.807, 2.05) is 13.8 Å². The smallest absolute Gasteiger partial charge is 0.00235 e. The molecule has 0 saturated heterocycles. The van der Waals surface area contributed by atoms with Crippen molar-refractivity contribution in [3.8, 4) is 0 Å². The minimum absolute atomic E-state index is 0.879. The van der Waals surface area contributed by atoms with Gasteiger partial charge in [-0.15, -0.1) is 0 Å². The molecule has 0 aromatic rings. The molecule has 0 aromatic carbocycles. The predicted molar refractivity (Wildman–Crippen MR) is 58.9 cm³/mol. The molecular formula is C12H25N. The molecule has 0 unspecified atom stereocenters. The third-order valence-corrected chi connectivity index (χ3v) is 3.62. The van der Waals surface area contributed by atoms with Crippen LogP contribution in [0.15, 0.2) is 0 Å².